The van der Waals surface area contributed by atoms with Crippen LogP contribution >= 0.6 is 22.7 Å². The average Bonchev–Trinajstić information content (AvgIpc) is 3.61. The second-order valence-electron chi connectivity index (χ2n) is 11.5. The van der Waals surface area contributed by atoms with Crippen LogP contribution in [0.3, 0.4) is 0 Å². The van der Waals surface area contributed by atoms with Crippen molar-refractivity contribution < 1.29 is 24.3 Å². The highest BCUT2D eigenvalue weighted by atomic mass is 32.1. The maximum absolute atomic E-state index is 14.8. The molecular formula is C34H35N3O5S2. The van der Waals surface area contributed by atoms with Crippen molar-refractivity contribution in [3.8, 4) is 0 Å². The second kappa shape index (κ2) is 12.0. The van der Waals surface area contributed by atoms with Gasteiger partial charge in [0.1, 0.15) is 5.54 Å². The van der Waals surface area contributed by atoms with Gasteiger partial charge >= 0.3 is 12.0 Å². The number of thiophene rings is 2. The lowest BCUT2D eigenvalue weighted by atomic mass is 9.72. The zero-order valence-electron chi connectivity index (χ0n) is 25.4. The molecule has 0 bridgehead atoms. The summed E-state index contributed by atoms with van der Waals surface area (Å²) in [4.78, 5) is 58.3. The molecule has 1 fully saturated rings. The van der Waals surface area contributed by atoms with Crippen molar-refractivity contribution in [1.82, 2.24) is 4.90 Å². The molecule has 228 valence electrons. The number of Topliss-reactive ketones (excluding diaryl/α,β-unsaturated/α-hetero) is 1. The maximum atomic E-state index is 14.8. The van der Waals surface area contributed by atoms with Crippen molar-refractivity contribution in [2.45, 2.75) is 59.0 Å². The van der Waals surface area contributed by atoms with Crippen LogP contribution in [-0.4, -0.2) is 39.2 Å². The number of ketones is 1. The van der Waals surface area contributed by atoms with Gasteiger partial charge < -0.3 is 15.7 Å². The van der Waals surface area contributed by atoms with Crippen molar-refractivity contribution in [3.63, 3.8) is 0 Å². The van der Waals surface area contributed by atoms with E-state index in [1.165, 1.54) is 41.4 Å². The second-order valence-corrected chi connectivity index (χ2v) is 13.9. The van der Waals surface area contributed by atoms with Crippen LogP contribution in [0.1, 0.15) is 67.5 Å². The number of hydrogen-bond acceptors (Lipinski definition) is 6. The molecule has 4 aromatic rings. The topological polar surface area (TPSA) is 116 Å². The van der Waals surface area contributed by atoms with Gasteiger partial charge in [-0.25, -0.2) is 9.59 Å². The molecule has 3 heterocycles. The first kappa shape index (κ1) is 31.2. The van der Waals surface area contributed by atoms with Crippen LogP contribution in [-0.2, 0) is 9.59 Å². The smallest absolute Gasteiger partial charge is 0.330 e. The standard InChI is InChI=1S/C34H35N3O5S2/c1-18-8-7-9-25(16-18)36-33(42)37-29(31-19(2)14-15-43-31)27(30(39)26-17-20(3)44-21(26)4)28(34(37,6)32(40)41)23-10-12-24(13-11-23)35-22(5)38/h7-17,27-29H,1-6H3,(H,35,38)(H,36,42)(H,40,41). The van der Waals surface area contributed by atoms with Crippen molar-refractivity contribution >= 4 is 57.7 Å². The first-order chi connectivity index (χ1) is 20.8. The summed E-state index contributed by atoms with van der Waals surface area (Å²) in [5, 5.41) is 18.6. The van der Waals surface area contributed by atoms with Crippen LogP contribution in [0.25, 0.3) is 0 Å². The van der Waals surface area contributed by atoms with Crippen LogP contribution < -0.4 is 10.6 Å². The molecule has 3 amide bonds. The quantitative estimate of drug-likeness (QED) is 0.181. The molecule has 0 aliphatic carbocycles. The van der Waals surface area contributed by atoms with Crippen LogP contribution in [0, 0.1) is 33.6 Å². The van der Waals surface area contributed by atoms with E-state index < -0.39 is 35.4 Å². The van der Waals surface area contributed by atoms with Gasteiger partial charge in [-0.1, -0.05) is 24.3 Å². The number of aliphatic carboxylic acids is 1. The Hall–Kier alpha value is -4.28. The maximum Gasteiger partial charge on any atom is 0.330 e. The van der Waals surface area contributed by atoms with Crippen molar-refractivity contribution in [2.24, 2.45) is 5.92 Å². The Morgan fingerprint density at radius 1 is 0.909 bits per heavy atom. The number of urea groups is 1. The molecule has 1 saturated heterocycles. The largest absolute Gasteiger partial charge is 0.479 e. The van der Waals surface area contributed by atoms with E-state index in [9.17, 15) is 24.3 Å². The van der Waals surface area contributed by atoms with Gasteiger partial charge in [-0.3, -0.25) is 14.5 Å². The molecule has 1 aliphatic rings. The first-order valence-electron chi connectivity index (χ1n) is 14.3. The minimum Gasteiger partial charge on any atom is -0.479 e. The molecule has 44 heavy (non-hydrogen) atoms. The third-order valence-electron chi connectivity index (χ3n) is 8.37. The third-order valence-corrected chi connectivity index (χ3v) is 10.4. The molecule has 5 rings (SSSR count). The number of hydrogen-bond donors (Lipinski definition) is 3. The Labute approximate surface area is 264 Å². The summed E-state index contributed by atoms with van der Waals surface area (Å²) >= 11 is 2.92. The Morgan fingerprint density at radius 2 is 1.61 bits per heavy atom. The summed E-state index contributed by atoms with van der Waals surface area (Å²) in [5.74, 6) is -3.51. The predicted molar refractivity (Wildman–Crippen MR) is 175 cm³/mol. The fourth-order valence-electron chi connectivity index (χ4n) is 6.44. The average molecular weight is 630 g/mol. The van der Waals surface area contributed by atoms with Crippen LogP contribution in [0.5, 0.6) is 0 Å². The zero-order chi connectivity index (χ0) is 31.9. The van der Waals surface area contributed by atoms with Gasteiger partial charge in [-0.05, 0) is 93.1 Å². The van der Waals surface area contributed by atoms with E-state index in [0.717, 1.165) is 25.8 Å². The number of carbonyl (C=O) groups excluding carboxylic acids is 3. The SMILES string of the molecule is CC(=O)Nc1ccc(C2C(C(=O)c3cc(C)sc3C)C(c3sccc3C)N(C(=O)Nc3cccc(C)c3)C2(C)C(=O)O)cc1. The van der Waals surface area contributed by atoms with Crippen LogP contribution in [0.15, 0.2) is 66.0 Å². The van der Waals surface area contributed by atoms with Crippen molar-refractivity contribution in [1.29, 1.82) is 0 Å². The number of benzene rings is 2. The monoisotopic (exact) mass is 629 g/mol. The summed E-state index contributed by atoms with van der Waals surface area (Å²) in [5.41, 5.74) is 2.16. The molecule has 0 spiro atoms. The fourth-order valence-corrected chi connectivity index (χ4v) is 8.43. The summed E-state index contributed by atoms with van der Waals surface area (Å²) in [7, 11) is 0. The molecule has 1 aliphatic heterocycles. The summed E-state index contributed by atoms with van der Waals surface area (Å²) in [6.45, 7) is 10.6. The van der Waals surface area contributed by atoms with E-state index in [2.05, 4.69) is 10.6 Å². The van der Waals surface area contributed by atoms with Crippen molar-refractivity contribution in [2.75, 3.05) is 10.6 Å². The van der Waals surface area contributed by atoms with E-state index in [0.29, 0.717) is 22.5 Å². The van der Waals surface area contributed by atoms with E-state index in [-0.39, 0.29) is 11.7 Å². The minimum absolute atomic E-state index is 0.209. The molecule has 8 nitrogen and oxygen atoms in total. The van der Waals surface area contributed by atoms with E-state index >= 15 is 0 Å². The Morgan fingerprint density at radius 3 is 2.16 bits per heavy atom. The summed E-state index contributed by atoms with van der Waals surface area (Å²) in [6.07, 6.45) is 0. The van der Waals surface area contributed by atoms with Gasteiger partial charge in [0.05, 0.1) is 12.0 Å². The summed E-state index contributed by atoms with van der Waals surface area (Å²) < 4.78 is 0. The number of carboxylic acid groups (broad SMARTS) is 1. The number of amides is 3. The van der Waals surface area contributed by atoms with Crippen LogP contribution in [0.4, 0.5) is 16.2 Å². The molecule has 0 radical (unpaired) electrons. The molecule has 4 unspecified atom stereocenters. The first-order valence-corrected chi connectivity index (χ1v) is 16.0. The van der Waals surface area contributed by atoms with Crippen molar-refractivity contribution in [3.05, 3.63) is 103 Å². The highest BCUT2D eigenvalue weighted by molar-refractivity contribution is 7.12. The molecule has 2 aromatic heterocycles. The third kappa shape index (κ3) is 5.55. The minimum atomic E-state index is -1.83. The van der Waals surface area contributed by atoms with E-state index in [1.54, 1.807) is 30.3 Å². The number of nitrogens with zero attached hydrogens (tertiary/aromatic N) is 1. The number of anilines is 2. The van der Waals surface area contributed by atoms with E-state index in [1.807, 2.05) is 63.4 Å². The number of nitrogens with one attached hydrogen (secondary N) is 2. The Balaban J connectivity index is 1.76. The van der Waals surface area contributed by atoms with Gasteiger partial charge in [-0.2, -0.15) is 0 Å². The fraction of sp³-hybridized carbons (Fsp3) is 0.294. The van der Waals surface area contributed by atoms with Gasteiger partial charge in [0.2, 0.25) is 5.91 Å². The summed E-state index contributed by atoms with van der Waals surface area (Å²) in [6, 6.07) is 16.5. The highest BCUT2D eigenvalue weighted by Crippen LogP contribution is 2.58. The van der Waals surface area contributed by atoms with Gasteiger partial charge in [-0.15, -0.1) is 22.7 Å². The van der Waals surface area contributed by atoms with E-state index in [4.69, 9.17) is 0 Å². The molecule has 3 N–H and O–H groups in total. The number of likely N-dealkylation sites (tertiary alicyclic amines) is 1. The lowest BCUT2D eigenvalue weighted by Gasteiger charge is -2.37. The number of rotatable bonds is 7. The number of carbonyl (C=O) groups is 4. The Kier molecular flexibility index (Phi) is 8.51. The molecular weight excluding hydrogens is 595 g/mol. The van der Waals surface area contributed by atoms with Gasteiger partial charge in [0.15, 0.2) is 5.78 Å². The van der Waals surface area contributed by atoms with Gasteiger partial charge in [0.25, 0.3) is 0 Å². The molecule has 10 heteroatoms. The molecule has 0 saturated carbocycles. The highest BCUT2D eigenvalue weighted by Gasteiger charge is 2.65. The van der Waals surface area contributed by atoms with Gasteiger partial charge in [0, 0.05) is 44.4 Å². The van der Waals surface area contributed by atoms with Crippen LogP contribution in [0.2, 0.25) is 0 Å². The lowest BCUT2D eigenvalue weighted by Crippen LogP contribution is -2.55. The zero-order valence-corrected chi connectivity index (χ0v) is 27.1. The Bertz CT molecular complexity index is 1760. The number of aryl methyl sites for hydroxylation is 4. The normalized spacial score (nSPS) is 21.2. The molecule has 4 atom stereocenters. The molecule has 2 aromatic carbocycles. The lowest BCUT2D eigenvalue weighted by molar-refractivity contribution is -0.148. The number of carboxylic acids is 1. The predicted octanol–water partition coefficient (Wildman–Crippen LogP) is 7.72.